The first-order chi connectivity index (χ1) is 14.1. The second-order valence-electron chi connectivity index (χ2n) is 7.30. The van der Waals surface area contributed by atoms with Gasteiger partial charge >= 0.3 is 0 Å². The fraction of sp³-hybridized carbons (Fsp3) is 0.300. The minimum Gasteiger partial charge on any atom is -0.325 e. The molecule has 1 N–H and O–H groups in total. The zero-order chi connectivity index (χ0) is 20.0. The summed E-state index contributed by atoms with van der Waals surface area (Å²) >= 11 is 3.04. The van der Waals surface area contributed by atoms with Gasteiger partial charge in [0.25, 0.3) is 0 Å². The highest BCUT2D eigenvalue weighted by molar-refractivity contribution is 7.99. The van der Waals surface area contributed by atoms with E-state index in [-0.39, 0.29) is 17.5 Å². The molecule has 29 heavy (non-hydrogen) atoms. The van der Waals surface area contributed by atoms with Crippen LogP contribution in [0.2, 0.25) is 0 Å². The van der Waals surface area contributed by atoms with Crippen molar-refractivity contribution in [2.45, 2.75) is 31.3 Å². The van der Waals surface area contributed by atoms with Crippen LogP contribution >= 0.6 is 23.1 Å². The number of aromatic nitrogens is 4. The number of nitrogens with zero attached hydrogens (tertiary/aromatic N) is 4. The first kappa shape index (κ1) is 18.5. The van der Waals surface area contributed by atoms with Crippen LogP contribution in [0.15, 0.2) is 35.7 Å². The van der Waals surface area contributed by atoms with Gasteiger partial charge in [0.15, 0.2) is 10.8 Å². The van der Waals surface area contributed by atoms with Crippen molar-refractivity contribution in [2.75, 3.05) is 11.1 Å². The average molecular weight is 428 g/mol. The van der Waals surface area contributed by atoms with E-state index in [4.69, 9.17) is 0 Å². The minimum absolute atomic E-state index is 0.147. The van der Waals surface area contributed by atoms with E-state index in [9.17, 15) is 9.18 Å². The molecule has 0 fully saturated rings. The summed E-state index contributed by atoms with van der Waals surface area (Å²) in [4.78, 5) is 19.3. The van der Waals surface area contributed by atoms with E-state index in [1.165, 1.54) is 40.8 Å². The van der Waals surface area contributed by atoms with Crippen molar-refractivity contribution in [3.63, 3.8) is 0 Å². The Morgan fingerprint density at radius 2 is 2.31 bits per heavy atom. The van der Waals surface area contributed by atoms with Crippen LogP contribution in [0, 0.1) is 11.7 Å². The zero-order valence-electron chi connectivity index (χ0n) is 15.7. The Hall–Kier alpha value is -2.52. The predicted molar refractivity (Wildman–Crippen MR) is 113 cm³/mol. The van der Waals surface area contributed by atoms with E-state index in [1.54, 1.807) is 29.8 Å². The van der Waals surface area contributed by atoms with Crippen molar-refractivity contribution in [3.8, 4) is 0 Å². The molecule has 6 nitrogen and oxygen atoms in total. The van der Waals surface area contributed by atoms with E-state index in [0.29, 0.717) is 16.8 Å². The Bertz CT molecular complexity index is 1230. The topological polar surface area (TPSA) is 72.2 Å². The van der Waals surface area contributed by atoms with Crippen LogP contribution in [-0.4, -0.2) is 31.2 Å². The Labute approximate surface area is 174 Å². The molecule has 148 valence electrons. The lowest BCUT2D eigenvalue weighted by Gasteiger charge is -2.17. The summed E-state index contributed by atoms with van der Waals surface area (Å²) in [6.07, 6.45) is 5.05. The summed E-state index contributed by atoms with van der Waals surface area (Å²) < 4.78 is 15.1. The number of benzene rings is 1. The molecule has 9 heteroatoms. The molecule has 1 aromatic carbocycles. The van der Waals surface area contributed by atoms with Crippen LogP contribution in [-0.2, 0) is 17.6 Å². The molecular weight excluding hydrogens is 409 g/mol. The third-order valence-corrected chi connectivity index (χ3v) is 7.22. The summed E-state index contributed by atoms with van der Waals surface area (Å²) in [6, 6.07) is 5.84. The molecule has 4 aromatic rings. The fourth-order valence-corrected chi connectivity index (χ4v) is 5.76. The highest BCUT2D eigenvalue weighted by Crippen LogP contribution is 2.39. The lowest BCUT2D eigenvalue weighted by Crippen LogP contribution is -2.14. The average Bonchev–Trinajstić information content (AvgIpc) is 3.26. The first-order valence-electron chi connectivity index (χ1n) is 9.40. The number of rotatable bonds is 4. The molecule has 5 rings (SSSR count). The quantitative estimate of drug-likeness (QED) is 0.491. The second-order valence-corrected chi connectivity index (χ2v) is 9.33. The number of aryl methyl sites for hydroxylation is 1. The molecule has 3 heterocycles. The summed E-state index contributed by atoms with van der Waals surface area (Å²) in [5.41, 5.74) is 2.59. The van der Waals surface area contributed by atoms with E-state index in [0.717, 1.165) is 28.7 Å². The molecule has 1 aliphatic carbocycles. The van der Waals surface area contributed by atoms with Crippen molar-refractivity contribution in [1.29, 1.82) is 0 Å². The molecule has 0 aliphatic heterocycles. The molecule has 1 aliphatic rings. The number of carbonyl (C=O) groups excluding carboxylic acids is 1. The summed E-state index contributed by atoms with van der Waals surface area (Å²) in [5, 5.41) is 13.1. The molecule has 0 spiro atoms. The van der Waals surface area contributed by atoms with Crippen LogP contribution in [0.3, 0.4) is 0 Å². The van der Waals surface area contributed by atoms with Gasteiger partial charge in [-0.1, -0.05) is 24.8 Å². The van der Waals surface area contributed by atoms with Gasteiger partial charge in [0.05, 0.1) is 11.1 Å². The van der Waals surface area contributed by atoms with Crippen molar-refractivity contribution in [3.05, 3.63) is 46.9 Å². The summed E-state index contributed by atoms with van der Waals surface area (Å²) in [7, 11) is 0. The summed E-state index contributed by atoms with van der Waals surface area (Å²) in [5.74, 6) is 0.233. The first-order valence-corrected chi connectivity index (χ1v) is 11.2. The molecule has 0 bridgehead atoms. The highest BCUT2D eigenvalue weighted by atomic mass is 32.2. The number of carbonyl (C=O) groups is 1. The van der Waals surface area contributed by atoms with Gasteiger partial charge < -0.3 is 5.32 Å². The minimum atomic E-state index is -0.387. The Balaban J connectivity index is 1.38. The third-order valence-electron chi connectivity index (χ3n) is 5.11. The van der Waals surface area contributed by atoms with E-state index >= 15 is 0 Å². The molecule has 3 aromatic heterocycles. The number of thiophene rings is 1. The number of fused-ring (bicyclic) bond motifs is 5. The SMILES string of the molecule is C[C@@H]1CCc2c(sc3ncn4c(SCC(=O)Nc5cccc(F)c5)nnc4c23)C1. The molecule has 1 amide bonds. The zero-order valence-corrected chi connectivity index (χ0v) is 17.3. The number of hydrogen-bond acceptors (Lipinski definition) is 6. The molecular formula is C20H18FN5OS2. The predicted octanol–water partition coefficient (Wildman–Crippen LogP) is 4.33. The Kier molecular flexibility index (Phi) is 4.71. The molecule has 0 unspecified atom stereocenters. The van der Waals surface area contributed by atoms with Gasteiger partial charge in [-0.25, -0.2) is 9.37 Å². The number of amides is 1. The van der Waals surface area contributed by atoms with Crippen LogP contribution in [0.25, 0.3) is 15.9 Å². The Morgan fingerprint density at radius 1 is 1.41 bits per heavy atom. The number of anilines is 1. The maximum absolute atomic E-state index is 13.3. The van der Waals surface area contributed by atoms with Crippen LogP contribution in [0.1, 0.15) is 23.8 Å². The smallest absolute Gasteiger partial charge is 0.234 e. The van der Waals surface area contributed by atoms with Gasteiger partial charge in [0, 0.05) is 10.6 Å². The Morgan fingerprint density at radius 3 is 3.17 bits per heavy atom. The monoisotopic (exact) mass is 427 g/mol. The van der Waals surface area contributed by atoms with Crippen LogP contribution in [0.5, 0.6) is 0 Å². The van der Waals surface area contributed by atoms with Gasteiger partial charge in [0.2, 0.25) is 5.91 Å². The van der Waals surface area contributed by atoms with Crippen molar-refractivity contribution in [1.82, 2.24) is 19.6 Å². The largest absolute Gasteiger partial charge is 0.325 e. The van der Waals surface area contributed by atoms with Crippen LogP contribution in [0.4, 0.5) is 10.1 Å². The van der Waals surface area contributed by atoms with E-state index in [1.807, 2.05) is 4.40 Å². The second kappa shape index (κ2) is 7.38. The van der Waals surface area contributed by atoms with Crippen molar-refractivity contribution >= 4 is 50.6 Å². The van der Waals surface area contributed by atoms with Crippen molar-refractivity contribution in [2.24, 2.45) is 5.92 Å². The van der Waals surface area contributed by atoms with Gasteiger partial charge in [-0.2, -0.15) is 0 Å². The lowest BCUT2D eigenvalue weighted by molar-refractivity contribution is -0.113. The van der Waals surface area contributed by atoms with Gasteiger partial charge in [-0.05, 0) is 48.9 Å². The van der Waals surface area contributed by atoms with Gasteiger partial charge in [-0.15, -0.1) is 21.5 Å². The molecule has 0 saturated heterocycles. The lowest BCUT2D eigenvalue weighted by atomic mass is 9.89. The van der Waals surface area contributed by atoms with Gasteiger partial charge in [-0.3, -0.25) is 9.20 Å². The van der Waals surface area contributed by atoms with E-state index < -0.39 is 0 Å². The number of nitrogens with one attached hydrogen (secondary N) is 1. The maximum atomic E-state index is 13.3. The fourth-order valence-electron chi connectivity index (χ4n) is 3.71. The highest BCUT2D eigenvalue weighted by Gasteiger charge is 2.24. The number of thioether (sulfide) groups is 1. The molecule has 0 radical (unpaired) electrons. The molecule has 0 saturated carbocycles. The normalized spacial score (nSPS) is 16.3. The standard InChI is InChI=1S/C20H18FN5OS2/c1-11-5-6-14-15(7-11)29-19-17(14)18-24-25-20(26(18)10-22-19)28-9-16(27)23-13-4-2-3-12(21)8-13/h2-4,8,10-11H,5-7,9H2,1H3,(H,23,27)/t11-/m1/s1. The van der Waals surface area contributed by atoms with E-state index in [2.05, 4.69) is 27.4 Å². The maximum Gasteiger partial charge on any atom is 0.234 e. The molecule has 1 atom stereocenters. The van der Waals surface area contributed by atoms with Gasteiger partial charge in [0.1, 0.15) is 17.0 Å². The number of halogens is 1. The summed E-state index contributed by atoms with van der Waals surface area (Å²) in [6.45, 7) is 2.29. The number of hydrogen-bond donors (Lipinski definition) is 1. The van der Waals surface area contributed by atoms with Crippen LogP contribution < -0.4 is 5.32 Å². The van der Waals surface area contributed by atoms with Crippen molar-refractivity contribution < 1.29 is 9.18 Å². The third kappa shape index (κ3) is 3.49.